The van der Waals surface area contributed by atoms with Gasteiger partial charge in [-0.25, -0.2) is 9.97 Å². The highest BCUT2D eigenvalue weighted by atomic mass is 79.9. The zero-order chi connectivity index (χ0) is 25.8. The number of phenols is 1. The first kappa shape index (κ1) is 27.3. The number of halogens is 2. The second-order valence-electron chi connectivity index (χ2n) is 9.28. The summed E-state index contributed by atoms with van der Waals surface area (Å²) >= 11 is 9.36. The van der Waals surface area contributed by atoms with Gasteiger partial charge in [-0.15, -0.1) is 0 Å². The summed E-state index contributed by atoms with van der Waals surface area (Å²) in [7, 11) is 1.96. The van der Waals surface area contributed by atoms with Crippen molar-refractivity contribution in [2.75, 3.05) is 51.3 Å². The monoisotopic (exact) mass is 569 g/mol. The lowest BCUT2D eigenvalue weighted by Crippen LogP contribution is -2.36. The molecule has 35 heavy (non-hydrogen) atoms. The van der Waals surface area contributed by atoms with Crippen molar-refractivity contribution in [3.8, 4) is 11.5 Å². The molecule has 10 nitrogen and oxygen atoms in total. The fourth-order valence-corrected chi connectivity index (χ4v) is 4.64. The van der Waals surface area contributed by atoms with E-state index in [9.17, 15) is 9.90 Å². The molecule has 0 unspecified atom stereocenters. The van der Waals surface area contributed by atoms with Gasteiger partial charge in [0, 0.05) is 43.9 Å². The topological polar surface area (TPSA) is 152 Å². The maximum absolute atomic E-state index is 12.3. The molecule has 0 atom stereocenters. The predicted molar refractivity (Wildman–Crippen MR) is 141 cm³/mol. The number of nitrogens with two attached hydrogens (primary N) is 2. The van der Waals surface area contributed by atoms with Crippen LogP contribution < -0.4 is 26.8 Å². The first-order valence-electron chi connectivity index (χ1n) is 11.4. The maximum Gasteiger partial charge on any atom is 0.273 e. The van der Waals surface area contributed by atoms with Gasteiger partial charge in [0.05, 0.1) is 6.61 Å². The third kappa shape index (κ3) is 6.66. The van der Waals surface area contributed by atoms with Gasteiger partial charge in [-0.3, -0.25) is 4.79 Å². The molecule has 0 bridgehead atoms. The van der Waals surface area contributed by atoms with Gasteiger partial charge < -0.3 is 36.8 Å². The Hall–Kier alpha value is -2.34. The number of hydrogen-bond donors (Lipinski definition) is 5. The van der Waals surface area contributed by atoms with Gasteiger partial charge in [-0.2, -0.15) is 0 Å². The number of anilines is 2. The Balaban J connectivity index is 1.46. The second kappa shape index (κ2) is 11.6. The average molecular weight is 571 g/mol. The third-order valence-electron chi connectivity index (χ3n) is 6.08. The minimum absolute atomic E-state index is 0.0171. The SMILES string of the molecule is CN(CCNCc1cc2c(c(Br)c1O)OCCCC2(C)C)CCNC(=O)c1nc(Cl)c(N)nc1N. The minimum atomic E-state index is -0.459. The van der Waals surface area contributed by atoms with E-state index >= 15 is 0 Å². The van der Waals surface area contributed by atoms with Crippen molar-refractivity contribution >= 4 is 45.1 Å². The zero-order valence-corrected chi connectivity index (χ0v) is 22.6. The predicted octanol–water partition coefficient (Wildman–Crippen LogP) is 2.66. The number of carbonyl (C=O) groups is 1. The summed E-state index contributed by atoms with van der Waals surface area (Å²) in [4.78, 5) is 22.1. The molecule has 0 radical (unpaired) electrons. The Bertz CT molecular complexity index is 1080. The number of nitrogens with zero attached hydrogens (tertiary/aromatic N) is 3. The summed E-state index contributed by atoms with van der Waals surface area (Å²) < 4.78 is 6.53. The Morgan fingerprint density at radius 1 is 1.29 bits per heavy atom. The average Bonchev–Trinajstić information content (AvgIpc) is 2.94. The van der Waals surface area contributed by atoms with Gasteiger partial charge in [0.1, 0.15) is 16.0 Å². The third-order valence-corrected chi connectivity index (χ3v) is 7.09. The molecule has 1 aromatic carbocycles. The molecule has 2 aromatic rings. The highest BCUT2D eigenvalue weighted by Crippen LogP contribution is 2.47. The van der Waals surface area contributed by atoms with E-state index in [1.165, 1.54) is 0 Å². The number of nitrogen functional groups attached to an aromatic ring is 2. The number of ether oxygens (including phenoxy) is 1. The summed E-state index contributed by atoms with van der Waals surface area (Å²) in [5, 5.41) is 16.8. The van der Waals surface area contributed by atoms with Gasteiger partial charge in [0.2, 0.25) is 0 Å². The lowest BCUT2D eigenvalue weighted by molar-refractivity contribution is 0.0945. The normalized spacial score (nSPS) is 14.8. The lowest BCUT2D eigenvalue weighted by atomic mass is 9.80. The van der Waals surface area contributed by atoms with Gasteiger partial charge >= 0.3 is 0 Å². The Labute approximate surface area is 218 Å². The number of phenolic OH excluding ortho intramolecular Hbond substituents is 1. The van der Waals surface area contributed by atoms with Crippen LogP contribution in [0, 0.1) is 0 Å². The highest BCUT2D eigenvalue weighted by molar-refractivity contribution is 9.10. The number of aromatic hydroxyl groups is 1. The summed E-state index contributed by atoms with van der Waals surface area (Å²) in [6.07, 6.45) is 2.00. The molecule has 7 N–H and O–H groups in total. The molecule has 0 fully saturated rings. The van der Waals surface area contributed by atoms with Crippen molar-refractivity contribution < 1.29 is 14.6 Å². The first-order valence-corrected chi connectivity index (χ1v) is 12.6. The van der Waals surface area contributed by atoms with E-state index in [0.717, 1.165) is 36.3 Å². The molecule has 0 spiro atoms. The van der Waals surface area contributed by atoms with Crippen LogP contribution in [-0.2, 0) is 12.0 Å². The van der Waals surface area contributed by atoms with Gasteiger partial charge in [0.15, 0.2) is 22.5 Å². The number of fused-ring (bicyclic) bond motifs is 1. The number of amides is 1. The molecule has 2 heterocycles. The molecule has 192 valence electrons. The van der Waals surface area contributed by atoms with E-state index < -0.39 is 5.91 Å². The van der Waals surface area contributed by atoms with Crippen LogP contribution in [0.5, 0.6) is 11.5 Å². The molecule has 12 heteroatoms. The summed E-state index contributed by atoms with van der Waals surface area (Å²) in [5.74, 6) is 0.403. The number of aromatic nitrogens is 2. The summed E-state index contributed by atoms with van der Waals surface area (Å²) in [5.41, 5.74) is 13.1. The molecule has 1 aliphatic rings. The number of rotatable bonds is 9. The van der Waals surface area contributed by atoms with E-state index in [2.05, 4.69) is 55.3 Å². The number of likely N-dealkylation sites (N-methyl/N-ethyl adjacent to an activating group) is 1. The molecule has 0 saturated heterocycles. The summed E-state index contributed by atoms with van der Waals surface area (Å²) in [6.45, 7) is 8.03. The van der Waals surface area contributed by atoms with E-state index in [0.29, 0.717) is 37.3 Å². The molecular weight excluding hydrogens is 538 g/mol. The van der Waals surface area contributed by atoms with Crippen molar-refractivity contribution in [2.24, 2.45) is 0 Å². The van der Waals surface area contributed by atoms with Crippen LogP contribution >= 0.6 is 27.5 Å². The molecule has 0 saturated carbocycles. The van der Waals surface area contributed by atoms with Gasteiger partial charge in [0.25, 0.3) is 5.91 Å². The number of hydrogen-bond acceptors (Lipinski definition) is 9. The van der Waals surface area contributed by atoms with Crippen molar-refractivity contribution in [1.29, 1.82) is 0 Å². The Morgan fingerprint density at radius 3 is 2.74 bits per heavy atom. The maximum atomic E-state index is 12.3. The van der Waals surface area contributed by atoms with E-state index in [-0.39, 0.29) is 33.6 Å². The smallest absolute Gasteiger partial charge is 0.273 e. The van der Waals surface area contributed by atoms with Crippen LogP contribution in [0.15, 0.2) is 10.5 Å². The van der Waals surface area contributed by atoms with Crippen LogP contribution in [0.25, 0.3) is 0 Å². The molecular formula is C23H33BrClN7O3. The molecule has 1 amide bonds. The van der Waals surface area contributed by atoms with E-state index in [1.54, 1.807) is 0 Å². The number of carbonyl (C=O) groups excluding carboxylic acids is 1. The molecule has 1 aromatic heterocycles. The van der Waals surface area contributed by atoms with Crippen molar-refractivity contribution in [3.05, 3.63) is 32.5 Å². The molecule has 0 aliphatic carbocycles. The van der Waals surface area contributed by atoms with E-state index in [1.807, 2.05) is 13.1 Å². The molecule has 1 aliphatic heterocycles. The Morgan fingerprint density at radius 2 is 2.00 bits per heavy atom. The highest BCUT2D eigenvalue weighted by Gasteiger charge is 2.30. The van der Waals surface area contributed by atoms with Crippen LogP contribution in [0.1, 0.15) is 48.3 Å². The van der Waals surface area contributed by atoms with E-state index in [4.69, 9.17) is 27.8 Å². The van der Waals surface area contributed by atoms with Crippen molar-refractivity contribution in [3.63, 3.8) is 0 Å². The van der Waals surface area contributed by atoms with Crippen LogP contribution in [0.4, 0.5) is 11.6 Å². The molecule has 3 rings (SSSR count). The van der Waals surface area contributed by atoms with Gasteiger partial charge in [-0.1, -0.05) is 25.4 Å². The van der Waals surface area contributed by atoms with Crippen LogP contribution in [0.3, 0.4) is 0 Å². The largest absolute Gasteiger partial charge is 0.506 e. The van der Waals surface area contributed by atoms with Crippen molar-refractivity contribution in [2.45, 2.75) is 38.6 Å². The lowest BCUT2D eigenvalue weighted by Gasteiger charge is -2.26. The number of nitrogens with one attached hydrogen (secondary N) is 2. The number of benzene rings is 1. The van der Waals surface area contributed by atoms with Crippen molar-refractivity contribution in [1.82, 2.24) is 25.5 Å². The quantitative estimate of drug-likeness (QED) is 0.287. The standard InChI is InChI=1S/C23H33BrClN7O3/c1-23(2)5-4-10-35-18-14(23)11-13(17(33)15(18)24)12-28-6-8-32(3)9-7-29-22(34)16-20(26)31-21(27)19(25)30-16/h11,28,33H,4-10,12H2,1-3H3,(H,29,34)(H4,26,27,31). The second-order valence-corrected chi connectivity index (χ2v) is 10.4. The first-order chi connectivity index (χ1) is 16.5. The fourth-order valence-electron chi connectivity index (χ4n) is 3.93. The van der Waals surface area contributed by atoms with Gasteiger partial charge in [-0.05, 0) is 47.3 Å². The van der Waals surface area contributed by atoms with Crippen LogP contribution in [0.2, 0.25) is 5.15 Å². The van der Waals surface area contributed by atoms with Crippen LogP contribution in [-0.4, -0.2) is 65.7 Å². The summed E-state index contributed by atoms with van der Waals surface area (Å²) in [6, 6.07) is 2.05. The fraction of sp³-hybridized carbons (Fsp3) is 0.522. The Kier molecular flexibility index (Phi) is 9.03. The zero-order valence-electron chi connectivity index (χ0n) is 20.3. The minimum Gasteiger partial charge on any atom is -0.506 e.